The van der Waals surface area contributed by atoms with E-state index in [1.165, 1.54) is 26.0 Å². The number of carbonyl (C=O) groups excluding carboxylic acids is 2. The molecule has 6 nitrogen and oxygen atoms in total. The van der Waals surface area contributed by atoms with Crippen molar-refractivity contribution < 1.29 is 50.1 Å². The Morgan fingerprint density at radius 1 is 1.00 bits per heavy atom. The molecule has 1 amide bonds. The minimum absolute atomic E-state index is 0.0235. The second-order valence-electron chi connectivity index (χ2n) is 13.0. The van der Waals surface area contributed by atoms with Gasteiger partial charge in [0.05, 0.1) is 36.8 Å². The average molecular weight is 642 g/mol. The number of nitrogens with zero attached hydrogens (tertiary/aromatic N) is 1. The predicted octanol–water partition coefficient (Wildman–Crippen LogP) is 8.73. The van der Waals surface area contributed by atoms with E-state index in [9.17, 15) is 35.9 Å². The molecule has 12 heteroatoms. The number of hydrogen-bond donors (Lipinski definition) is 0. The molecule has 2 atom stereocenters. The van der Waals surface area contributed by atoms with Crippen LogP contribution >= 0.6 is 0 Å². The van der Waals surface area contributed by atoms with Crippen molar-refractivity contribution in [2.45, 2.75) is 83.8 Å². The molecule has 0 spiro atoms. The number of benzene rings is 2. The van der Waals surface area contributed by atoms with Crippen LogP contribution < -0.4 is 4.74 Å². The third-order valence-electron chi connectivity index (χ3n) is 8.78. The van der Waals surface area contributed by atoms with Crippen LogP contribution in [0.3, 0.4) is 0 Å². The molecule has 1 fully saturated rings. The van der Waals surface area contributed by atoms with Crippen LogP contribution in [-0.2, 0) is 32.0 Å². The maximum absolute atomic E-state index is 13.6. The van der Waals surface area contributed by atoms with E-state index in [1.54, 1.807) is 26.0 Å². The van der Waals surface area contributed by atoms with Crippen molar-refractivity contribution in [3.05, 3.63) is 69.8 Å². The number of esters is 1. The number of carbonyl (C=O) groups is 2. The maximum atomic E-state index is 13.6. The normalized spacial score (nSPS) is 20.7. The van der Waals surface area contributed by atoms with Crippen LogP contribution in [0.15, 0.2) is 42.0 Å². The smallest absolute Gasteiger partial charge is 0.416 e. The van der Waals surface area contributed by atoms with Crippen LogP contribution in [0.2, 0.25) is 0 Å². The number of alkyl halides is 6. The van der Waals surface area contributed by atoms with Crippen LogP contribution in [0.5, 0.6) is 5.75 Å². The van der Waals surface area contributed by atoms with Crippen molar-refractivity contribution in [3.8, 4) is 5.75 Å². The average Bonchev–Trinajstić information content (AvgIpc) is 3.23. The molecule has 0 saturated carbocycles. The summed E-state index contributed by atoms with van der Waals surface area (Å²) in [6, 6.07) is 5.71. The van der Waals surface area contributed by atoms with Gasteiger partial charge in [-0.05, 0) is 104 Å². The molecule has 246 valence electrons. The molecule has 2 aromatic rings. The van der Waals surface area contributed by atoms with Gasteiger partial charge in [-0.3, -0.25) is 9.69 Å². The van der Waals surface area contributed by atoms with Gasteiger partial charge in [-0.25, -0.2) is 4.79 Å². The molecule has 1 aliphatic heterocycles. The van der Waals surface area contributed by atoms with Crippen LogP contribution in [0, 0.1) is 5.41 Å². The van der Waals surface area contributed by atoms with Gasteiger partial charge in [0.2, 0.25) is 0 Å². The topological polar surface area (TPSA) is 65.1 Å². The van der Waals surface area contributed by atoms with Crippen molar-refractivity contribution in [1.82, 2.24) is 4.90 Å². The third kappa shape index (κ3) is 6.94. The Hall–Kier alpha value is -3.70. The lowest BCUT2D eigenvalue weighted by Gasteiger charge is -2.37. The Bertz CT molecular complexity index is 1480. The first kappa shape index (κ1) is 34.2. The summed E-state index contributed by atoms with van der Waals surface area (Å²) < 4.78 is 97.5. The van der Waals surface area contributed by atoms with E-state index in [2.05, 4.69) is 13.8 Å². The van der Waals surface area contributed by atoms with E-state index in [0.717, 1.165) is 23.1 Å². The van der Waals surface area contributed by atoms with E-state index >= 15 is 0 Å². The monoisotopic (exact) mass is 641 g/mol. The van der Waals surface area contributed by atoms with Crippen molar-refractivity contribution in [2.75, 3.05) is 20.8 Å². The van der Waals surface area contributed by atoms with Gasteiger partial charge in [-0.2, -0.15) is 26.3 Å². The van der Waals surface area contributed by atoms with Gasteiger partial charge in [0, 0.05) is 6.54 Å². The fourth-order valence-electron chi connectivity index (χ4n) is 6.21. The summed E-state index contributed by atoms with van der Waals surface area (Å²) >= 11 is 0. The predicted molar refractivity (Wildman–Crippen MR) is 154 cm³/mol. The van der Waals surface area contributed by atoms with Crippen molar-refractivity contribution in [2.24, 2.45) is 5.41 Å². The fourth-order valence-corrected chi connectivity index (χ4v) is 6.21. The van der Waals surface area contributed by atoms with Gasteiger partial charge in [-0.15, -0.1) is 0 Å². The highest BCUT2D eigenvalue weighted by molar-refractivity contribution is 5.86. The Morgan fingerprint density at radius 3 is 2.13 bits per heavy atom. The second-order valence-corrected chi connectivity index (χ2v) is 13.0. The quantitative estimate of drug-likeness (QED) is 0.224. The summed E-state index contributed by atoms with van der Waals surface area (Å²) in [6.45, 7) is 9.19. The molecule has 1 heterocycles. The highest BCUT2D eigenvalue weighted by Crippen LogP contribution is 2.47. The Morgan fingerprint density at radius 2 is 1.60 bits per heavy atom. The first-order chi connectivity index (χ1) is 20.7. The Kier molecular flexibility index (Phi) is 9.04. The minimum Gasteiger partial charge on any atom is -0.497 e. The maximum Gasteiger partial charge on any atom is 0.416 e. The van der Waals surface area contributed by atoms with Crippen molar-refractivity contribution in [1.29, 1.82) is 0 Å². The van der Waals surface area contributed by atoms with Gasteiger partial charge >= 0.3 is 24.4 Å². The Balaban J connectivity index is 1.80. The third-order valence-corrected chi connectivity index (χ3v) is 8.78. The molecule has 0 aromatic heterocycles. The number of methoxy groups -OCH3 is 2. The van der Waals surface area contributed by atoms with E-state index in [1.807, 2.05) is 6.07 Å². The largest absolute Gasteiger partial charge is 0.497 e. The van der Waals surface area contributed by atoms with Crippen molar-refractivity contribution >= 4 is 17.6 Å². The van der Waals surface area contributed by atoms with Crippen molar-refractivity contribution in [3.63, 3.8) is 0 Å². The van der Waals surface area contributed by atoms with Crippen LogP contribution in [0.25, 0.3) is 5.57 Å². The van der Waals surface area contributed by atoms with Crippen LogP contribution in [0.1, 0.15) is 87.8 Å². The first-order valence-corrected chi connectivity index (χ1v) is 14.4. The van der Waals surface area contributed by atoms with Gasteiger partial charge in [0.15, 0.2) is 0 Å². The molecule has 0 radical (unpaired) electrons. The molecular formula is C33H37F6NO5. The van der Waals surface area contributed by atoms with Gasteiger partial charge < -0.3 is 14.2 Å². The van der Waals surface area contributed by atoms with Crippen LogP contribution in [0.4, 0.5) is 31.1 Å². The van der Waals surface area contributed by atoms with E-state index in [0.29, 0.717) is 36.3 Å². The summed E-state index contributed by atoms with van der Waals surface area (Å²) in [5.74, 6) is 0.0937. The number of halogens is 6. The van der Waals surface area contributed by atoms with Crippen LogP contribution in [-0.4, -0.2) is 43.8 Å². The van der Waals surface area contributed by atoms with Gasteiger partial charge in [0.1, 0.15) is 11.9 Å². The lowest BCUT2D eigenvalue weighted by molar-refractivity contribution is -0.146. The molecule has 0 bridgehead atoms. The number of cyclic esters (lactones) is 1. The SMILES string of the molecule is COC(=O)C(C)(C)c1ccc(OC)cc1C1=C(CN2C(=O)O[C@H](c3cc(C(F)(F)F)cc(C(F)(F)F)c3)[C@@H]2C)CC(C)(C)CC1. The van der Waals surface area contributed by atoms with Gasteiger partial charge in [-0.1, -0.05) is 19.9 Å². The molecule has 1 saturated heterocycles. The van der Waals surface area contributed by atoms with Gasteiger partial charge in [0.25, 0.3) is 0 Å². The molecule has 2 aliphatic rings. The summed E-state index contributed by atoms with van der Waals surface area (Å²) in [7, 11) is 2.82. The standard InChI is InChI=1S/C33H37F6NO5/c1-18-27(19-12-21(32(34,35)36)14-22(13-19)33(37,38)39)45-29(42)40(18)17-20-16-30(2,3)11-10-24(20)25-15-23(43-6)8-9-26(25)31(4,5)28(41)44-7/h8-9,12-15,18,27H,10-11,16-17H2,1-7H3/t18-,27-/m0/s1. The number of ether oxygens (including phenoxy) is 3. The highest BCUT2D eigenvalue weighted by Gasteiger charge is 2.44. The zero-order chi connectivity index (χ0) is 33.7. The minimum atomic E-state index is -5.04. The molecular weight excluding hydrogens is 604 g/mol. The molecule has 4 rings (SSSR count). The van der Waals surface area contributed by atoms with E-state index < -0.39 is 58.7 Å². The number of rotatable bonds is 7. The second kappa shape index (κ2) is 11.9. The summed E-state index contributed by atoms with van der Waals surface area (Å²) in [6.07, 6.45) is -10.4. The van der Waals surface area contributed by atoms with E-state index in [-0.39, 0.29) is 18.0 Å². The summed E-state index contributed by atoms with van der Waals surface area (Å²) in [5, 5.41) is 0. The summed E-state index contributed by atoms with van der Waals surface area (Å²) in [4.78, 5) is 27.4. The Labute approximate surface area is 258 Å². The highest BCUT2D eigenvalue weighted by atomic mass is 19.4. The fraction of sp³-hybridized carbons (Fsp3) is 0.515. The van der Waals surface area contributed by atoms with E-state index in [4.69, 9.17) is 14.2 Å². The molecule has 1 aliphatic carbocycles. The number of allylic oxidation sites excluding steroid dienone is 1. The lowest BCUT2D eigenvalue weighted by Crippen LogP contribution is -2.36. The molecule has 45 heavy (non-hydrogen) atoms. The molecule has 0 unspecified atom stereocenters. The zero-order valence-electron chi connectivity index (χ0n) is 26.2. The number of amides is 1. The summed E-state index contributed by atoms with van der Waals surface area (Å²) in [5.41, 5.74) is -1.45. The number of hydrogen-bond acceptors (Lipinski definition) is 5. The molecule has 0 N–H and O–H groups in total. The zero-order valence-corrected chi connectivity index (χ0v) is 26.2. The first-order valence-electron chi connectivity index (χ1n) is 14.4. The lowest BCUT2D eigenvalue weighted by atomic mass is 9.70. The molecule has 2 aromatic carbocycles.